The lowest BCUT2D eigenvalue weighted by Crippen LogP contribution is -2.13. The number of aryl methyl sites for hydroxylation is 1. The first-order chi connectivity index (χ1) is 13.7. The van der Waals surface area contributed by atoms with Gasteiger partial charge in [-0.25, -0.2) is 4.39 Å². The highest BCUT2D eigenvalue weighted by Gasteiger charge is 2.20. The molecule has 0 unspecified atom stereocenters. The highest BCUT2D eigenvalue weighted by atomic mass is 19.1. The smallest absolute Gasteiger partial charge is 0.277 e. The van der Waals surface area contributed by atoms with E-state index < -0.39 is 11.7 Å². The van der Waals surface area contributed by atoms with Gasteiger partial charge in [0, 0.05) is 25.2 Å². The van der Waals surface area contributed by atoms with Gasteiger partial charge >= 0.3 is 0 Å². The minimum atomic E-state index is -0.430. The number of nitrogens with one attached hydrogen (secondary N) is 1. The SMILES string of the molecule is NCCn1cc(C(=O)Nc2ccc(F)c(-c3nnc4n3CCCCC4)c2)nn1. The summed E-state index contributed by atoms with van der Waals surface area (Å²) < 4.78 is 18.0. The summed E-state index contributed by atoms with van der Waals surface area (Å²) in [5, 5.41) is 18.8. The van der Waals surface area contributed by atoms with Crippen molar-refractivity contribution in [2.75, 3.05) is 11.9 Å². The van der Waals surface area contributed by atoms with Gasteiger partial charge in [0.2, 0.25) is 0 Å². The maximum absolute atomic E-state index is 14.5. The molecule has 0 saturated carbocycles. The minimum Gasteiger partial charge on any atom is -0.329 e. The van der Waals surface area contributed by atoms with Crippen LogP contribution in [0.15, 0.2) is 24.4 Å². The van der Waals surface area contributed by atoms with E-state index in [4.69, 9.17) is 5.73 Å². The summed E-state index contributed by atoms with van der Waals surface area (Å²) in [7, 11) is 0. The number of hydrogen-bond donors (Lipinski definition) is 2. The average molecular weight is 384 g/mol. The number of anilines is 1. The van der Waals surface area contributed by atoms with Crippen LogP contribution in [-0.2, 0) is 19.5 Å². The van der Waals surface area contributed by atoms with E-state index in [1.54, 1.807) is 6.07 Å². The van der Waals surface area contributed by atoms with Crippen LogP contribution in [0.1, 0.15) is 35.6 Å². The number of halogens is 1. The Kier molecular flexibility index (Phi) is 5.11. The number of rotatable bonds is 5. The molecule has 0 bridgehead atoms. The number of benzene rings is 1. The fraction of sp³-hybridized carbons (Fsp3) is 0.389. The lowest BCUT2D eigenvalue weighted by atomic mass is 10.1. The second-order valence-corrected chi connectivity index (χ2v) is 6.71. The Morgan fingerprint density at radius 3 is 2.96 bits per heavy atom. The summed E-state index contributed by atoms with van der Waals surface area (Å²) in [5.74, 6) is 0.518. The molecule has 1 amide bonds. The molecule has 0 atom stereocenters. The van der Waals surface area contributed by atoms with Crippen LogP contribution in [0.5, 0.6) is 0 Å². The number of aromatic nitrogens is 6. The molecule has 0 aliphatic carbocycles. The molecule has 1 aromatic carbocycles. The van der Waals surface area contributed by atoms with Gasteiger partial charge in [0.05, 0.1) is 18.3 Å². The van der Waals surface area contributed by atoms with Gasteiger partial charge in [-0.05, 0) is 31.0 Å². The molecule has 0 saturated heterocycles. The zero-order valence-electron chi connectivity index (χ0n) is 15.3. The Morgan fingerprint density at radius 1 is 1.21 bits per heavy atom. The lowest BCUT2D eigenvalue weighted by Gasteiger charge is -2.10. The van der Waals surface area contributed by atoms with Crippen molar-refractivity contribution >= 4 is 11.6 Å². The van der Waals surface area contributed by atoms with E-state index in [1.165, 1.54) is 23.0 Å². The summed E-state index contributed by atoms with van der Waals surface area (Å²) in [6.07, 6.45) is 5.54. The Bertz CT molecular complexity index is 995. The number of carbonyl (C=O) groups excluding carboxylic acids is 1. The Labute approximate surface area is 160 Å². The molecular formula is C18H21FN8O. The number of nitrogens with two attached hydrogens (primary N) is 1. The van der Waals surface area contributed by atoms with Crippen LogP contribution in [0.4, 0.5) is 10.1 Å². The van der Waals surface area contributed by atoms with E-state index in [0.29, 0.717) is 30.2 Å². The Balaban J connectivity index is 1.59. The van der Waals surface area contributed by atoms with Crippen LogP contribution in [-0.4, -0.2) is 42.2 Å². The number of carbonyl (C=O) groups is 1. The first-order valence-corrected chi connectivity index (χ1v) is 9.29. The second kappa shape index (κ2) is 7.85. The monoisotopic (exact) mass is 384 g/mol. The molecule has 0 radical (unpaired) electrons. The number of amides is 1. The molecule has 0 fully saturated rings. The molecule has 3 N–H and O–H groups in total. The summed E-state index contributed by atoms with van der Waals surface area (Å²) >= 11 is 0. The summed E-state index contributed by atoms with van der Waals surface area (Å²) in [6, 6.07) is 4.38. The van der Waals surface area contributed by atoms with Crippen LogP contribution in [0.25, 0.3) is 11.4 Å². The lowest BCUT2D eigenvalue weighted by molar-refractivity contribution is 0.102. The third kappa shape index (κ3) is 3.63. The normalized spacial score (nSPS) is 13.8. The largest absolute Gasteiger partial charge is 0.329 e. The maximum Gasteiger partial charge on any atom is 0.277 e. The fourth-order valence-corrected chi connectivity index (χ4v) is 3.30. The number of nitrogens with zero attached hydrogens (tertiary/aromatic N) is 6. The van der Waals surface area contributed by atoms with Gasteiger partial charge < -0.3 is 15.6 Å². The van der Waals surface area contributed by atoms with Crippen molar-refractivity contribution in [3.8, 4) is 11.4 Å². The first-order valence-electron chi connectivity index (χ1n) is 9.29. The van der Waals surface area contributed by atoms with Gasteiger partial charge in [-0.1, -0.05) is 11.6 Å². The zero-order valence-corrected chi connectivity index (χ0v) is 15.3. The van der Waals surface area contributed by atoms with Crippen LogP contribution < -0.4 is 11.1 Å². The van der Waals surface area contributed by atoms with E-state index in [1.807, 2.05) is 4.57 Å². The van der Waals surface area contributed by atoms with Crippen molar-refractivity contribution in [2.24, 2.45) is 5.73 Å². The summed E-state index contributed by atoms with van der Waals surface area (Å²) in [4.78, 5) is 12.4. The van der Waals surface area contributed by atoms with Crippen LogP contribution in [0.2, 0.25) is 0 Å². The van der Waals surface area contributed by atoms with Crippen LogP contribution in [0, 0.1) is 5.82 Å². The molecule has 3 heterocycles. The van der Waals surface area contributed by atoms with Gasteiger partial charge in [0.1, 0.15) is 11.6 Å². The summed E-state index contributed by atoms with van der Waals surface area (Å²) in [5.41, 5.74) is 6.39. The van der Waals surface area contributed by atoms with Gasteiger partial charge in [-0.2, -0.15) is 0 Å². The number of hydrogen-bond acceptors (Lipinski definition) is 6. The minimum absolute atomic E-state index is 0.163. The van der Waals surface area contributed by atoms with Crippen molar-refractivity contribution in [3.63, 3.8) is 0 Å². The van der Waals surface area contributed by atoms with Crippen molar-refractivity contribution in [2.45, 2.75) is 38.8 Å². The average Bonchev–Trinajstić information content (AvgIpc) is 3.25. The second-order valence-electron chi connectivity index (χ2n) is 6.71. The zero-order chi connectivity index (χ0) is 19.5. The highest BCUT2D eigenvalue weighted by Crippen LogP contribution is 2.27. The molecular weight excluding hydrogens is 363 g/mol. The molecule has 10 heteroatoms. The Hall–Kier alpha value is -3.14. The van der Waals surface area contributed by atoms with Crippen molar-refractivity contribution in [1.82, 2.24) is 29.8 Å². The number of fused-ring (bicyclic) bond motifs is 1. The van der Waals surface area contributed by atoms with E-state index in [2.05, 4.69) is 25.8 Å². The Morgan fingerprint density at radius 2 is 2.11 bits per heavy atom. The maximum atomic E-state index is 14.5. The molecule has 28 heavy (non-hydrogen) atoms. The molecule has 4 rings (SSSR count). The topological polar surface area (TPSA) is 117 Å². The van der Waals surface area contributed by atoms with E-state index in [0.717, 1.165) is 38.1 Å². The van der Waals surface area contributed by atoms with Crippen molar-refractivity contribution in [1.29, 1.82) is 0 Å². The third-order valence-corrected chi connectivity index (χ3v) is 4.70. The van der Waals surface area contributed by atoms with Gasteiger partial charge in [-0.15, -0.1) is 15.3 Å². The van der Waals surface area contributed by atoms with Crippen molar-refractivity contribution < 1.29 is 9.18 Å². The van der Waals surface area contributed by atoms with Crippen molar-refractivity contribution in [3.05, 3.63) is 41.7 Å². The van der Waals surface area contributed by atoms with Gasteiger partial charge in [-0.3, -0.25) is 9.48 Å². The molecule has 3 aromatic rings. The van der Waals surface area contributed by atoms with E-state index in [-0.39, 0.29) is 5.69 Å². The van der Waals surface area contributed by atoms with Gasteiger partial charge in [0.15, 0.2) is 11.5 Å². The third-order valence-electron chi connectivity index (χ3n) is 4.70. The molecule has 1 aliphatic rings. The fourth-order valence-electron chi connectivity index (χ4n) is 3.30. The predicted octanol–water partition coefficient (Wildman–Crippen LogP) is 1.61. The molecule has 0 spiro atoms. The van der Waals surface area contributed by atoms with Gasteiger partial charge in [0.25, 0.3) is 5.91 Å². The van der Waals surface area contributed by atoms with Crippen LogP contribution >= 0.6 is 0 Å². The quantitative estimate of drug-likeness (QED) is 0.690. The van der Waals surface area contributed by atoms with E-state index in [9.17, 15) is 9.18 Å². The standard InChI is InChI=1S/C18H21FN8O/c19-14-6-5-12(21-18(28)15-11-26(9-7-20)25-22-15)10-13(14)17-24-23-16-4-2-1-3-8-27(16)17/h5-6,10-11H,1-4,7-9,20H2,(H,21,28). The molecule has 1 aliphatic heterocycles. The summed E-state index contributed by atoms with van der Waals surface area (Å²) in [6.45, 7) is 1.63. The first kappa shape index (κ1) is 18.2. The highest BCUT2D eigenvalue weighted by molar-refractivity contribution is 6.02. The molecule has 9 nitrogen and oxygen atoms in total. The molecule has 146 valence electrons. The predicted molar refractivity (Wildman–Crippen MR) is 100 cm³/mol. The molecule has 2 aromatic heterocycles. The van der Waals surface area contributed by atoms with Crippen LogP contribution in [0.3, 0.4) is 0 Å². The van der Waals surface area contributed by atoms with E-state index >= 15 is 0 Å².